The van der Waals surface area contributed by atoms with Crippen LogP contribution in [0.15, 0.2) is 36.5 Å². The highest BCUT2D eigenvalue weighted by Gasteiger charge is 2.23. The van der Waals surface area contributed by atoms with Crippen molar-refractivity contribution >= 4 is 10.9 Å². The Morgan fingerprint density at radius 1 is 1.30 bits per heavy atom. The molecule has 0 saturated carbocycles. The fourth-order valence-corrected chi connectivity index (χ4v) is 3.12. The molecule has 20 heavy (non-hydrogen) atoms. The standard InChI is InChI=1S/C17H23N3/c1-13(2)19-16-8-10-20(12-16)11-15-6-3-5-14-7-4-9-18-17(14)15/h3-7,9,13,16,19H,8,10-12H2,1-2H3. The number of para-hydroxylation sites is 1. The molecule has 1 saturated heterocycles. The van der Waals surface area contributed by atoms with Gasteiger partial charge in [0.05, 0.1) is 5.52 Å². The van der Waals surface area contributed by atoms with Crippen LogP contribution >= 0.6 is 0 Å². The van der Waals surface area contributed by atoms with Crippen molar-refractivity contribution < 1.29 is 0 Å². The van der Waals surface area contributed by atoms with Gasteiger partial charge in [-0.15, -0.1) is 0 Å². The third kappa shape index (κ3) is 3.00. The molecule has 0 aliphatic carbocycles. The quantitative estimate of drug-likeness (QED) is 0.925. The van der Waals surface area contributed by atoms with Gasteiger partial charge in [-0.2, -0.15) is 0 Å². The van der Waals surface area contributed by atoms with Crippen molar-refractivity contribution in [3.8, 4) is 0 Å². The SMILES string of the molecule is CC(C)NC1CCN(Cc2cccc3cccnc23)C1. The summed E-state index contributed by atoms with van der Waals surface area (Å²) in [6.45, 7) is 7.76. The maximum Gasteiger partial charge on any atom is 0.0746 e. The first-order valence-corrected chi connectivity index (χ1v) is 7.53. The van der Waals surface area contributed by atoms with Crippen LogP contribution in [0.3, 0.4) is 0 Å². The van der Waals surface area contributed by atoms with Crippen molar-refractivity contribution in [1.82, 2.24) is 15.2 Å². The van der Waals surface area contributed by atoms with Crippen molar-refractivity contribution in [1.29, 1.82) is 0 Å². The Kier molecular flexibility index (Phi) is 3.99. The summed E-state index contributed by atoms with van der Waals surface area (Å²) in [5.41, 5.74) is 2.49. The van der Waals surface area contributed by atoms with Crippen LogP contribution in [0.25, 0.3) is 10.9 Å². The summed E-state index contributed by atoms with van der Waals surface area (Å²) in [7, 11) is 0. The van der Waals surface area contributed by atoms with Gasteiger partial charge in [0.25, 0.3) is 0 Å². The second-order valence-corrected chi connectivity index (χ2v) is 6.03. The first-order valence-electron chi connectivity index (χ1n) is 7.53. The minimum absolute atomic E-state index is 0.569. The Balaban J connectivity index is 1.71. The van der Waals surface area contributed by atoms with Gasteiger partial charge in [0.2, 0.25) is 0 Å². The first-order chi connectivity index (χ1) is 9.72. The molecule has 0 bridgehead atoms. The van der Waals surface area contributed by atoms with Crippen LogP contribution in [0.2, 0.25) is 0 Å². The number of aromatic nitrogens is 1. The van der Waals surface area contributed by atoms with Crippen molar-refractivity contribution in [3.63, 3.8) is 0 Å². The average molecular weight is 269 g/mol. The van der Waals surface area contributed by atoms with Crippen LogP contribution in [0.4, 0.5) is 0 Å². The van der Waals surface area contributed by atoms with Crippen molar-refractivity contribution in [2.24, 2.45) is 0 Å². The number of nitrogens with zero attached hydrogens (tertiary/aromatic N) is 2. The second kappa shape index (κ2) is 5.90. The largest absolute Gasteiger partial charge is 0.310 e. The molecule has 3 heteroatoms. The molecule has 1 fully saturated rings. The molecule has 1 aromatic carbocycles. The number of benzene rings is 1. The average Bonchev–Trinajstić information content (AvgIpc) is 2.86. The Bertz CT molecular complexity index is 574. The molecule has 2 aromatic rings. The van der Waals surface area contributed by atoms with Crippen LogP contribution < -0.4 is 5.32 Å². The smallest absolute Gasteiger partial charge is 0.0746 e. The molecule has 0 radical (unpaired) electrons. The van der Waals surface area contributed by atoms with Gasteiger partial charge in [-0.25, -0.2) is 0 Å². The van der Waals surface area contributed by atoms with Crippen LogP contribution in [0.5, 0.6) is 0 Å². The minimum atomic E-state index is 0.569. The zero-order valence-electron chi connectivity index (χ0n) is 12.3. The van der Waals surface area contributed by atoms with Crippen molar-refractivity contribution in [3.05, 3.63) is 42.1 Å². The highest BCUT2D eigenvalue weighted by atomic mass is 15.2. The van der Waals surface area contributed by atoms with Gasteiger partial charge >= 0.3 is 0 Å². The third-order valence-corrected chi connectivity index (χ3v) is 3.95. The molecule has 1 aliphatic rings. The molecule has 1 atom stereocenters. The maximum atomic E-state index is 4.55. The monoisotopic (exact) mass is 269 g/mol. The topological polar surface area (TPSA) is 28.2 Å². The third-order valence-electron chi connectivity index (χ3n) is 3.95. The minimum Gasteiger partial charge on any atom is -0.310 e. The Hall–Kier alpha value is -1.45. The highest BCUT2D eigenvalue weighted by Crippen LogP contribution is 2.20. The molecular formula is C17H23N3. The number of pyridine rings is 1. The van der Waals surface area contributed by atoms with E-state index in [1.54, 1.807) is 0 Å². The summed E-state index contributed by atoms with van der Waals surface area (Å²) in [5.74, 6) is 0. The predicted octanol–water partition coefficient (Wildman–Crippen LogP) is 2.81. The van der Waals surface area contributed by atoms with Gasteiger partial charge in [-0.05, 0) is 18.1 Å². The predicted molar refractivity (Wildman–Crippen MR) is 83.7 cm³/mol. The lowest BCUT2D eigenvalue weighted by molar-refractivity contribution is 0.318. The second-order valence-electron chi connectivity index (χ2n) is 6.03. The summed E-state index contributed by atoms with van der Waals surface area (Å²) in [6, 6.07) is 11.8. The lowest BCUT2D eigenvalue weighted by atomic mass is 10.1. The van der Waals surface area contributed by atoms with Crippen molar-refractivity contribution in [2.45, 2.75) is 38.9 Å². The lowest BCUT2D eigenvalue weighted by Gasteiger charge is -2.19. The molecule has 1 unspecified atom stereocenters. The van der Waals surface area contributed by atoms with Crippen LogP contribution in [-0.4, -0.2) is 35.1 Å². The Morgan fingerprint density at radius 3 is 3.00 bits per heavy atom. The van der Waals surface area contributed by atoms with E-state index >= 15 is 0 Å². The highest BCUT2D eigenvalue weighted by molar-refractivity contribution is 5.81. The van der Waals surface area contributed by atoms with Gasteiger partial charge in [0.1, 0.15) is 0 Å². The van der Waals surface area contributed by atoms with E-state index in [0.29, 0.717) is 12.1 Å². The number of fused-ring (bicyclic) bond motifs is 1. The summed E-state index contributed by atoms with van der Waals surface area (Å²) in [4.78, 5) is 7.08. The van der Waals surface area contributed by atoms with Gasteiger partial charge in [0.15, 0.2) is 0 Å². The van der Waals surface area contributed by atoms with E-state index in [2.05, 4.69) is 53.3 Å². The van der Waals surface area contributed by atoms with E-state index in [9.17, 15) is 0 Å². The van der Waals surface area contributed by atoms with E-state index < -0.39 is 0 Å². The van der Waals surface area contributed by atoms with E-state index in [-0.39, 0.29) is 0 Å². The number of hydrogen-bond acceptors (Lipinski definition) is 3. The molecule has 3 rings (SSSR count). The molecule has 1 aliphatic heterocycles. The van der Waals surface area contributed by atoms with Crippen LogP contribution in [0.1, 0.15) is 25.8 Å². The first kappa shape index (κ1) is 13.5. The molecular weight excluding hydrogens is 246 g/mol. The molecule has 2 heterocycles. The lowest BCUT2D eigenvalue weighted by Crippen LogP contribution is -2.36. The Morgan fingerprint density at radius 2 is 2.15 bits per heavy atom. The summed E-state index contributed by atoms with van der Waals surface area (Å²) < 4.78 is 0. The normalized spacial score (nSPS) is 20.1. The number of nitrogens with one attached hydrogen (secondary N) is 1. The van der Waals surface area contributed by atoms with Gasteiger partial charge in [-0.1, -0.05) is 38.1 Å². The fourth-order valence-electron chi connectivity index (χ4n) is 3.12. The van der Waals surface area contributed by atoms with Crippen molar-refractivity contribution in [2.75, 3.05) is 13.1 Å². The number of rotatable bonds is 4. The van der Waals surface area contributed by atoms with E-state index in [4.69, 9.17) is 0 Å². The van der Waals surface area contributed by atoms with Crippen LogP contribution in [-0.2, 0) is 6.54 Å². The molecule has 1 aromatic heterocycles. The molecule has 1 N–H and O–H groups in total. The summed E-state index contributed by atoms with van der Waals surface area (Å²) >= 11 is 0. The maximum absolute atomic E-state index is 4.55. The van der Waals surface area contributed by atoms with E-state index in [0.717, 1.165) is 18.6 Å². The van der Waals surface area contributed by atoms with E-state index in [1.165, 1.54) is 23.9 Å². The zero-order chi connectivity index (χ0) is 13.9. The molecule has 3 nitrogen and oxygen atoms in total. The van der Waals surface area contributed by atoms with Gasteiger partial charge in [0, 0.05) is 43.3 Å². The molecule has 0 spiro atoms. The fraction of sp³-hybridized carbons (Fsp3) is 0.471. The van der Waals surface area contributed by atoms with Crippen LogP contribution in [0, 0.1) is 0 Å². The molecule has 0 amide bonds. The molecule has 106 valence electrons. The summed E-state index contributed by atoms with van der Waals surface area (Å²) in [6.07, 6.45) is 3.13. The summed E-state index contributed by atoms with van der Waals surface area (Å²) in [5, 5.41) is 4.87. The van der Waals surface area contributed by atoms with Gasteiger partial charge < -0.3 is 5.32 Å². The van der Waals surface area contributed by atoms with E-state index in [1.807, 2.05) is 12.3 Å². The number of likely N-dealkylation sites (tertiary alicyclic amines) is 1. The zero-order valence-corrected chi connectivity index (χ0v) is 12.3. The Labute approximate surface area is 121 Å². The number of hydrogen-bond donors (Lipinski definition) is 1. The van der Waals surface area contributed by atoms with Gasteiger partial charge in [-0.3, -0.25) is 9.88 Å².